The summed E-state index contributed by atoms with van der Waals surface area (Å²) in [5, 5.41) is 0.430. The Kier molecular flexibility index (Phi) is 5.32. The number of rotatable bonds is 4. The largest absolute Gasteiger partial charge is 0.598 e. The molecule has 28 heavy (non-hydrogen) atoms. The normalized spacial score (nSPS) is 15.9. The maximum Gasteiger partial charge on any atom is 0.196 e. The van der Waals surface area contributed by atoms with Gasteiger partial charge in [-0.05, 0) is 53.2 Å². The zero-order valence-corrected chi connectivity index (χ0v) is 18.0. The fourth-order valence-corrected chi connectivity index (χ4v) is 3.72. The summed E-state index contributed by atoms with van der Waals surface area (Å²) in [5.41, 5.74) is 2.88. The summed E-state index contributed by atoms with van der Waals surface area (Å²) >= 11 is -1.47. The highest BCUT2D eigenvalue weighted by Gasteiger charge is 2.29. The molecule has 1 heterocycles. The first-order chi connectivity index (χ1) is 13.4. The molecule has 5 heteroatoms. The van der Waals surface area contributed by atoms with Crippen molar-refractivity contribution in [3.63, 3.8) is 0 Å². The number of aryl methyl sites for hydroxylation is 1. The van der Waals surface area contributed by atoms with Crippen molar-refractivity contribution in [3.05, 3.63) is 69.4 Å². The lowest BCUT2D eigenvalue weighted by Gasteiger charge is -2.27. The molecular weight excluding hydrogens is 370 g/mol. The van der Waals surface area contributed by atoms with Crippen molar-refractivity contribution in [1.82, 2.24) is 4.72 Å². The van der Waals surface area contributed by atoms with Crippen molar-refractivity contribution < 1.29 is 10.3 Å². The minimum absolute atomic E-state index is 0.122. The van der Waals surface area contributed by atoms with Crippen LogP contribution in [0.25, 0.3) is 22.3 Å². The summed E-state index contributed by atoms with van der Waals surface area (Å²) < 4.78 is 30.2. The molecule has 3 rings (SSSR count). The van der Waals surface area contributed by atoms with Crippen LogP contribution in [0.4, 0.5) is 0 Å². The van der Waals surface area contributed by atoms with E-state index >= 15 is 0 Å². The molecule has 0 fully saturated rings. The molecule has 1 aromatic heterocycles. The molecule has 148 valence electrons. The van der Waals surface area contributed by atoms with Crippen LogP contribution in [0.3, 0.4) is 0 Å². The van der Waals surface area contributed by atoms with E-state index in [1.807, 2.05) is 64.1 Å². The third-order valence-electron chi connectivity index (χ3n) is 4.61. The van der Waals surface area contributed by atoms with Crippen molar-refractivity contribution >= 4 is 22.3 Å². The summed E-state index contributed by atoms with van der Waals surface area (Å²) in [7, 11) is 0. The summed E-state index contributed by atoms with van der Waals surface area (Å²) in [6.07, 6.45) is 0. The van der Waals surface area contributed by atoms with E-state index in [0.29, 0.717) is 27.9 Å². The highest BCUT2D eigenvalue weighted by molar-refractivity contribution is 7.90. The average molecular weight is 399 g/mol. The molecule has 0 bridgehead atoms. The molecule has 0 saturated carbocycles. The number of nitrogens with one attached hydrogen (secondary N) is 1. The molecule has 2 aromatic carbocycles. The van der Waals surface area contributed by atoms with Crippen LogP contribution in [-0.2, 0) is 11.4 Å². The topological polar surface area (TPSA) is 65.3 Å². The highest BCUT2D eigenvalue weighted by Crippen LogP contribution is 2.31. The van der Waals surface area contributed by atoms with Crippen LogP contribution < -0.4 is 10.2 Å². The first-order valence-corrected chi connectivity index (χ1v) is 10.4. The molecule has 0 aliphatic rings. The Morgan fingerprint density at radius 3 is 2.43 bits per heavy atom. The number of benzene rings is 2. The van der Waals surface area contributed by atoms with Gasteiger partial charge in [0.05, 0.1) is 12.8 Å². The van der Waals surface area contributed by atoms with Crippen molar-refractivity contribution in [2.75, 3.05) is 0 Å². The Labute approximate surface area is 170 Å². The van der Waals surface area contributed by atoms with Crippen molar-refractivity contribution in [1.29, 1.82) is 0 Å². The van der Waals surface area contributed by atoms with Gasteiger partial charge in [-0.25, -0.2) is 0 Å². The van der Waals surface area contributed by atoms with Gasteiger partial charge in [0.25, 0.3) is 0 Å². The molecule has 1 N–H and O–H groups in total. The van der Waals surface area contributed by atoms with Crippen LogP contribution >= 0.6 is 0 Å². The molecule has 0 aliphatic heterocycles. The second-order valence-electron chi connectivity index (χ2n) is 8.05. The molecule has 2 atom stereocenters. The van der Waals surface area contributed by atoms with Gasteiger partial charge in [0.1, 0.15) is 16.1 Å². The van der Waals surface area contributed by atoms with Gasteiger partial charge in [-0.15, -0.1) is 4.72 Å². The van der Waals surface area contributed by atoms with E-state index in [-0.39, 0.29) is 5.43 Å². The fraction of sp³-hybridized carbons (Fsp3) is 0.348. The van der Waals surface area contributed by atoms with Crippen LogP contribution in [0.15, 0.2) is 51.7 Å². The van der Waals surface area contributed by atoms with Gasteiger partial charge in [0.2, 0.25) is 0 Å². The van der Waals surface area contributed by atoms with Gasteiger partial charge in [-0.3, -0.25) is 4.79 Å². The predicted molar refractivity (Wildman–Crippen MR) is 117 cm³/mol. The third kappa shape index (κ3) is 4.02. The zero-order chi connectivity index (χ0) is 21.6. The molecule has 1 unspecified atom stereocenters. The molecule has 0 saturated heterocycles. The van der Waals surface area contributed by atoms with Crippen LogP contribution in [0.5, 0.6) is 0 Å². The van der Waals surface area contributed by atoms with E-state index < -0.39 is 22.1 Å². The van der Waals surface area contributed by atoms with Crippen LogP contribution in [0, 0.1) is 13.8 Å². The van der Waals surface area contributed by atoms with Crippen LogP contribution in [-0.4, -0.2) is 9.30 Å². The van der Waals surface area contributed by atoms with Gasteiger partial charge in [0, 0.05) is 28.1 Å². The first-order valence-electron chi connectivity index (χ1n) is 9.75. The number of hydrogen-bond donors (Lipinski definition) is 1. The van der Waals surface area contributed by atoms with E-state index in [0.717, 1.165) is 11.1 Å². The van der Waals surface area contributed by atoms with Gasteiger partial charge >= 0.3 is 0 Å². The van der Waals surface area contributed by atoms with Crippen molar-refractivity contribution in [2.45, 2.75) is 52.3 Å². The van der Waals surface area contributed by atoms with Crippen LogP contribution in [0.1, 0.15) is 51.8 Å². The highest BCUT2D eigenvalue weighted by atomic mass is 32.2. The Balaban J connectivity index is 2.28. The van der Waals surface area contributed by atoms with Gasteiger partial charge < -0.3 is 8.97 Å². The van der Waals surface area contributed by atoms with Gasteiger partial charge in [0.15, 0.2) is 5.43 Å². The van der Waals surface area contributed by atoms with E-state index in [2.05, 4.69) is 4.72 Å². The molecule has 3 aromatic rings. The van der Waals surface area contributed by atoms with E-state index in [1.54, 1.807) is 19.9 Å². The molecule has 4 nitrogen and oxygen atoms in total. The van der Waals surface area contributed by atoms with Crippen molar-refractivity contribution in [3.8, 4) is 11.3 Å². The lowest BCUT2D eigenvalue weighted by Crippen LogP contribution is -2.40. The average Bonchev–Trinajstić information content (AvgIpc) is 2.64. The summed E-state index contributed by atoms with van der Waals surface area (Å²) in [6.45, 7) is 10.8. The third-order valence-corrected chi connectivity index (χ3v) is 6.21. The van der Waals surface area contributed by atoms with Gasteiger partial charge in [-0.1, -0.05) is 36.4 Å². The SMILES string of the molecule is [2H]C(C)(N[S@+]([O-])C(C)(C)C)c1cc(C)cc2c(=O)c(C)c(-c3ccccc3)oc12. The molecule has 0 amide bonds. The standard InChI is InChI=1S/C23H27NO3S/c1-14-12-18(16(3)24-28(26)23(4,5)6)22-19(13-14)20(25)15(2)21(27-22)17-10-8-7-9-11-17/h7-13,16,24H,1-6H3/t16?,28-/m1/s1/i16D. The van der Waals surface area contributed by atoms with Crippen molar-refractivity contribution in [2.24, 2.45) is 0 Å². The van der Waals surface area contributed by atoms with Crippen LogP contribution in [0.2, 0.25) is 0 Å². The molecule has 0 spiro atoms. The summed E-state index contributed by atoms with van der Waals surface area (Å²) in [6, 6.07) is 11.6. The number of hydrogen-bond acceptors (Lipinski definition) is 4. The lowest BCUT2D eigenvalue weighted by atomic mass is 9.99. The maximum absolute atomic E-state index is 13.1. The Bertz CT molecular complexity index is 1100. The second kappa shape index (κ2) is 7.74. The molecular formula is C23H27NO3S. The van der Waals surface area contributed by atoms with E-state index in [4.69, 9.17) is 5.79 Å². The first kappa shape index (κ1) is 19.2. The Morgan fingerprint density at radius 2 is 1.82 bits per heavy atom. The number of fused-ring (bicyclic) bond motifs is 1. The maximum atomic E-state index is 13.1. The predicted octanol–water partition coefficient (Wildman–Crippen LogP) is 5.19. The zero-order valence-electron chi connectivity index (χ0n) is 18.2. The second-order valence-corrected chi connectivity index (χ2v) is 10.0. The summed E-state index contributed by atoms with van der Waals surface area (Å²) in [5.74, 6) is 0.487. The Morgan fingerprint density at radius 1 is 1.18 bits per heavy atom. The lowest BCUT2D eigenvalue weighted by molar-refractivity contribution is 0.529. The monoisotopic (exact) mass is 398 g/mol. The minimum atomic E-state index is -1.47. The Hall–Kier alpha value is -2.08. The summed E-state index contributed by atoms with van der Waals surface area (Å²) in [4.78, 5) is 13.1. The van der Waals surface area contributed by atoms with E-state index in [9.17, 15) is 9.35 Å². The molecule has 0 radical (unpaired) electrons. The quantitative estimate of drug-likeness (QED) is 0.614. The fourth-order valence-electron chi connectivity index (χ4n) is 3.03. The van der Waals surface area contributed by atoms with Gasteiger partial charge in [-0.2, -0.15) is 0 Å². The smallest absolute Gasteiger partial charge is 0.196 e. The molecule has 0 aliphatic carbocycles. The minimum Gasteiger partial charge on any atom is -0.598 e. The van der Waals surface area contributed by atoms with E-state index in [1.165, 1.54) is 0 Å².